The van der Waals surface area contributed by atoms with Gasteiger partial charge in [0, 0.05) is 38.9 Å². The highest BCUT2D eigenvalue weighted by atomic mass is 79.9. The third-order valence-electron chi connectivity index (χ3n) is 5.62. The van der Waals surface area contributed by atoms with Crippen LogP contribution in [0.3, 0.4) is 0 Å². The van der Waals surface area contributed by atoms with Gasteiger partial charge in [-0.15, -0.1) is 0 Å². The van der Waals surface area contributed by atoms with Gasteiger partial charge >= 0.3 is 0 Å². The minimum Gasteiger partial charge on any atom is -0.390 e. The van der Waals surface area contributed by atoms with Gasteiger partial charge in [-0.3, -0.25) is 0 Å². The fraction of sp³-hybridized carbons (Fsp3) is 0.429. The van der Waals surface area contributed by atoms with Crippen LogP contribution in [0.5, 0.6) is 0 Å². The van der Waals surface area contributed by atoms with Gasteiger partial charge < -0.3 is 15.0 Å². The van der Waals surface area contributed by atoms with Crippen molar-refractivity contribution in [1.82, 2.24) is 9.88 Å². The highest BCUT2D eigenvalue weighted by Crippen LogP contribution is 2.31. The second-order valence-corrected chi connectivity index (χ2v) is 8.61. The van der Waals surface area contributed by atoms with E-state index in [0.29, 0.717) is 19.1 Å². The molecule has 2 N–H and O–H groups in total. The maximum absolute atomic E-state index is 10.7. The molecule has 0 radical (unpaired) electrons. The molecule has 1 unspecified atom stereocenters. The van der Waals surface area contributed by atoms with Crippen molar-refractivity contribution in [2.75, 3.05) is 6.54 Å². The zero-order valence-corrected chi connectivity index (χ0v) is 16.9. The highest BCUT2D eigenvalue weighted by Gasteiger charge is 2.17. The third-order valence-corrected chi connectivity index (χ3v) is 6.12. The Hall–Kier alpha value is -1.30. The summed E-state index contributed by atoms with van der Waals surface area (Å²) in [5, 5.41) is 16.8. The number of halogens is 1. The van der Waals surface area contributed by atoms with E-state index < -0.39 is 0 Å². The Kier molecular flexibility index (Phi) is 5.39. The number of hydrogen-bond donors (Lipinski definition) is 2. The standard InChI is InChI=1S/C21H26BBrN2O/c22-14-6-8-20-18(10-14)19-11-15(23)7-9-21(19)25(20)13-17(26)12-24-16-4-2-1-3-5-16/h6-11,16-17,24,26H,1-5,12-13,22H2. The Morgan fingerprint density at radius 2 is 1.77 bits per heavy atom. The average molecular weight is 413 g/mol. The average Bonchev–Trinajstić information content (AvgIpc) is 2.93. The summed E-state index contributed by atoms with van der Waals surface area (Å²) in [6, 6.07) is 13.6. The van der Waals surface area contributed by atoms with Crippen LogP contribution >= 0.6 is 15.9 Å². The summed E-state index contributed by atoms with van der Waals surface area (Å²) in [5.41, 5.74) is 3.64. The fourth-order valence-electron chi connectivity index (χ4n) is 4.27. The van der Waals surface area contributed by atoms with Crippen molar-refractivity contribution in [3.8, 4) is 0 Å². The lowest BCUT2D eigenvalue weighted by Gasteiger charge is -2.24. The maximum atomic E-state index is 10.7. The molecule has 136 valence electrons. The van der Waals surface area contributed by atoms with Gasteiger partial charge in [-0.25, -0.2) is 0 Å². The van der Waals surface area contributed by atoms with Crippen molar-refractivity contribution in [3.63, 3.8) is 0 Å². The fourth-order valence-corrected chi connectivity index (χ4v) is 4.63. The van der Waals surface area contributed by atoms with E-state index in [1.807, 2.05) is 0 Å². The molecule has 2 aromatic carbocycles. The molecule has 1 saturated carbocycles. The van der Waals surface area contributed by atoms with Crippen molar-refractivity contribution in [3.05, 3.63) is 40.9 Å². The Morgan fingerprint density at radius 1 is 1.08 bits per heavy atom. The van der Waals surface area contributed by atoms with E-state index in [-0.39, 0.29) is 6.10 Å². The van der Waals surface area contributed by atoms with E-state index in [4.69, 9.17) is 0 Å². The van der Waals surface area contributed by atoms with Gasteiger partial charge in [0.05, 0.1) is 12.6 Å². The molecule has 0 aliphatic heterocycles. The first-order valence-corrected chi connectivity index (χ1v) is 10.5. The van der Waals surface area contributed by atoms with Crippen LogP contribution in [0.2, 0.25) is 0 Å². The summed E-state index contributed by atoms with van der Waals surface area (Å²) in [4.78, 5) is 0. The number of rotatable bonds is 5. The van der Waals surface area contributed by atoms with Gasteiger partial charge in [0.1, 0.15) is 7.85 Å². The number of aromatic nitrogens is 1. The molecule has 4 rings (SSSR count). The van der Waals surface area contributed by atoms with Gasteiger partial charge in [-0.1, -0.05) is 52.8 Å². The SMILES string of the molecule is Bc1ccc2c(c1)c1cc(Br)ccc1n2CC(O)CNC1CCCCC1. The number of fused-ring (bicyclic) bond motifs is 3. The second-order valence-electron chi connectivity index (χ2n) is 7.69. The minimum atomic E-state index is -0.388. The topological polar surface area (TPSA) is 37.2 Å². The molecule has 3 aromatic rings. The van der Waals surface area contributed by atoms with Crippen LogP contribution in [0.1, 0.15) is 32.1 Å². The van der Waals surface area contributed by atoms with Crippen LogP contribution in [-0.2, 0) is 6.54 Å². The summed E-state index contributed by atoms with van der Waals surface area (Å²) >= 11 is 3.60. The van der Waals surface area contributed by atoms with E-state index in [2.05, 4.69) is 70.1 Å². The van der Waals surface area contributed by atoms with Crippen LogP contribution in [0.4, 0.5) is 0 Å². The van der Waals surface area contributed by atoms with Crippen LogP contribution in [-0.4, -0.2) is 36.2 Å². The zero-order valence-electron chi connectivity index (χ0n) is 15.3. The monoisotopic (exact) mass is 412 g/mol. The molecular formula is C21H26BBrN2O. The van der Waals surface area contributed by atoms with Crippen LogP contribution in [0.15, 0.2) is 40.9 Å². The molecule has 0 amide bonds. The Bertz CT molecular complexity index is 858. The first kappa shape index (κ1) is 18.1. The quantitative estimate of drug-likeness (QED) is 0.631. The Labute approximate surface area is 164 Å². The van der Waals surface area contributed by atoms with Gasteiger partial charge in [0.25, 0.3) is 0 Å². The van der Waals surface area contributed by atoms with E-state index in [1.165, 1.54) is 59.4 Å². The van der Waals surface area contributed by atoms with Crippen LogP contribution in [0, 0.1) is 0 Å². The Balaban J connectivity index is 1.60. The molecule has 5 heteroatoms. The summed E-state index contributed by atoms with van der Waals surface area (Å²) < 4.78 is 3.36. The molecule has 0 saturated heterocycles. The lowest BCUT2D eigenvalue weighted by Crippen LogP contribution is -2.38. The van der Waals surface area contributed by atoms with Crippen molar-refractivity contribution in [2.45, 2.75) is 50.8 Å². The number of nitrogens with one attached hydrogen (secondary N) is 1. The smallest absolute Gasteiger partial charge is 0.139 e. The molecule has 1 atom stereocenters. The van der Waals surface area contributed by atoms with Crippen molar-refractivity contribution in [2.24, 2.45) is 0 Å². The normalized spacial score (nSPS) is 17.2. The summed E-state index contributed by atoms with van der Waals surface area (Å²) in [6.07, 6.45) is 6.09. The number of nitrogens with zero attached hydrogens (tertiary/aromatic N) is 1. The maximum Gasteiger partial charge on any atom is 0.139 e. The molecule has 1 aliphatic rings. The molecule has 0 spiro atoms. The summed E-state index contributed by atoms with van der Waals surface area (Å²) in [7, 11) is 2.13. The molecule has 1 aliphatic carbocycles. The van der Waals surface area contributed by atoms with E-state index in [9.17, 15) is 5.11 Å². The summed E-state index contributed by atoms with van der Waals surface area (Å²) in [5.74, 6) is 0. The van der Waals surface area contributed by atoms with Gasteiger partial charge in [0.15, 0.2) is 0 Å². The molecule has 0 bridgehead atoms. The third kappa shape index (κ3) is 3.71. The van der Waals surface area contributed by atoms with E-state index in [1.54, 1.807) is 0 Å². The molecule has 1 heterocycles. The molecule has 1 aromatic heterocycles. The minimum absolute atomic E-state index is 0.388. The van der Waals surface area contributed by atoms with Crippen LogP contribution in [0.25, 0.3) is 21.8 Å². The van der Waals surface area contributed by atoms with E-state index in [0.717, 1.165) is 4.47 Å². The molecular weight excluding hydrogens is 387 g/mol. The lowest BCUT2D eigenvalue weighted by atomic mass is 9.94. The van der Waals surface area contributed by atoms with Gasteiger partial charge in [-0.2, -0.15) is 0 Å². The number of aliphatic hydroxyl groups excluding tert-OH is 1. The highest BCUT2D eigenvalue weighted by molar-refractivity contribution is 9.10. The van der Waals surface area contributed by atoms with E-state index >= 15 is 0 Å². The predicted molar refractivity (Wildman–Crippen MR) is 116 cm³/mol. The first-order chi connectivity index (χ1) is 12.6. The summed E-state index contributed by atoms with van der Waals surface area (Å²) in [6.45, 7) is 1.28. The van der Waals surface area contributed by atoms with Crippen LogP contribution < -0.4 is 10.8 Å². The number of benzene rings is 2. The molecule has 3 nitrogen and oxygen atoms in total. The lowest BCUT2D eigenvalue weighted by molar-refractivity contribution is 0.147. The predicted octanol–water partition coefficient (Wildman–Crippen LogP) is 3.10. The zero-order chi connectivity index (χ0) is 18.1. The second kappa shape index (κ2) is 7.75. The largest absolute Gasteiger partial charge is 0.390 e. The van der Waals surface area contributed by atoms with Crippen molar-refractivity contribution < 1.29 is 5.11 Å². The first-order valence-electron chi connectivity index (χ1n) is 9.71. The molecule has 26 heavy (non-hydrogen) atoms. The van der Waals surface area contributed by atoms with Crippen molar-refractivity contribution >= 4 is 51.0 Å². The van der Waals surface area contributed by atoms with Crippen molar-refractivity contribution in [1.29, 1.82) is 0 Å². The van der Waals surface area contributed by atoms with Gasteiger partial charge in [-0.05, 0) is 37.1 Å². The number of aliphatic hydroxyl groups is 1. The van der Waals surface area contributed by atoms with Gasteiger partial charge in [0.2, 0.25) is 0 Å². The molecule has 1 fully saturated rings. The Morgan fingerprint density at radius 3 is 2.54 bits per heavy atom. The number of hydrogen-bond acceptors (Lipinski definition) is 2.